The Labute approximate surface area is 86.7 Å². The van der Waals surface area contributed by atoms with E-state index in [-0.39, 0.29) is 0 Å². The quantitative estimate of drug-likeness (QED) is 0.778. The summed E-state index contributed by atoms with van der Waals surface area (Å²) in [7, 11) is 1.80. The highest BCUT2D eigenvalue weighted by Gasteiger charge is 1.99. The molecular weight excluding hydrogens is 194 g/mol. The summed E-state index contributed by atoms with van der Waals surface area (Å²) in [6.07, 6.45) is 4.84. The van der Waals surface area contributed by atoms with Crippen molar-refractivity contribution in [1.29, 1.82) is 0 Å². The molecule has 0 bridgehead atoms. The fourth-order valence-electron chi connectivity index (χ4n) is 1.08. The van der Waals surface area contributed by atoms with E-state index in [1.54, 1.807) is 25.5 Å². The zero-order valence-electron chi connectivity index (χ0n) is 8.27. The first-order valence-corrected chi connectivity index (χ1v) is 4.51. The second kappa shape index (κ2) is 4.41. The Morgan fingerprint density at radius 3 is 2.93 bits per heavy atom. The summed E-state index contributed by atoms with van der Waals surface area (Å²) in [5.74, 6) is 1.42. The fourth-order valence-corrected chi connectivity index (χ4v) is 1.08. The van der Waals surface area contributed by atoms with E-state index < -0.39 is 0 Å². The van der Waals surface area contributed by atoms with E-state index in [0.717, 1.165) is 11.5 Å². The molecule has 2 N–H and O–H groups in total. The SMILES string of the molecule is CNc1cncc(NCc2ccon2)n1. The number of hydrogen-bond acceptors (Lipinski definition) is 6. The van der Waals surface area contributed by atoms with Crippen LogP contribution in [0.25, 0.3) is 0 Å². The highest BCUT2D eigenvalue weighted by Crippen LogP contribution is 2.06. The van der Waals surface area contributed by atoms with Crippen LogP contribution in [0.1, 0.15) is 5.69 Å². The van der Waals surface area contributed by atoms with Crippen molar-refractivity contribution in [1.82, 2.24) is 15.1 Å². The van der Waals surface area contributed by atoms with Crippen molar-refractivity contribution in [2.45, 2.75) is 6.54 Å². The van der Waals surface area contributed by atoms with Gasteiger partial charge in [-0.1, -0.05) is 5.16 Å². The molecule has 6 heteroatoms. The third kappa shape index (κ3) is 2.43. The van der Waals surface area contributed by atoms with E-state index in [2.05, 4.69) is 25.8 Å². The second-order valence-electron chi connectivity index (χ2n) is 2.88. The Morgan fingerprint density at radius 2 is 2.20 bits per heavy atom. The molecule has 2 aromatic rings. The minimum atomic E-state index is 0.568. The zero-order chi connectivity index (χ0) is 10.5. The molecular formula is C9H11N5O. The molecule has 2 rings (SSSR count). The Hall–Kier alpha value is -2.11. The maximum Gasteiger partial charge on any atom is 0.147 e. The summed E-state index contributed by atoms with van der Waals surface area (Å²) in [4.78, 5) is 8.27. The first-order chi connectivity index (χ1) is 7.38. The van der Waals surface area contributed by atoms with Gasteiger partial charge < -0.3 is 15.2 Å². The third-order valence-corrected chi connectivity index (χ3v) is 1.83. The molecule has 0 radical (unpaired) electrons. The summed E-state index contributed by atoms with van der Waals surface area (Å²) < 4.78 is 4.71. The second-order valence-corrected chi connectivity index (χ2v) is 2.88. The first kappa shape index (κ1) is 9.45. The number of nitrogens with zero attached hydrogens (tertiary/aromatic N) is 3. The fraction of sp³-hybridized carbons (Fsp3) is 0.222. The minimum Gasteiger partial charge on any atom is -0.372 e. The van der Waals surface area contributed by atoms with E-state index >= 15 is 0 Å². The van der Waals surface area contributed by atoms with E-state index in [9.17, 15) is 0 Å². The summed E-state index contributed by atoms with van der Waals surface area (Å²) in [5.41, 5.74) is 0.826. The van der Waals surface area contributed by atoms with E-state index in [4.69, 9.17) is 4.52 Å². The molecule has 0 saturated carbocycles. The van der Waals surface area contributed by atoms with Crippen molar-refractivity contribution >= 4 is 11.6 Å². The predicted molar refractivity (Wildman–Crippen MR) is 55.4 cm³/mol. The Morgan fingerprint density at radius 1 is 1.33 bits per heavy atom. The molecule has 0 atom stereocenters. The highest BCUT2D eigenvalue weighted by molar-refractivity contribution is 5.41. The average Bonchev–Trinajstić information content (AvgIpc) is 2.79. The van der Waals surface area contributed by atoms with Crippen LogP contribution in [0.5, 0.6) is 0 Å². The van der Waals surface area contributed by atoms with Crippen LogP contribution in [0.3, 0.4) is 0 Å². The van der Waals surface area contributed by atoms with Crippen LogP contribution >= 0.6 is 0 Å². The van der Waals surface area contributed by atoms with Gasteiger partial charge in [0.25, 0.3) is 0 Å². The molecule has 0 aromatic carbocycles. The summed E-state index contributed by atoms with van der Waals surface area (Å²) in [6, 6.07) is 1.79. The van der Waals surface area contributed by atoms with Gasteiger partial charge in [0.05, 0.1) is 18.9 Å². The van der Waals surface area contributed by atoms with Gasteiger partial charge in [0.2, 0.25) is 0 Å². The maximum atomic E-state index is 4.71. The molecule has 2 aromatic heterocycles. The minimum absolute atomic E-state index is 0.568. The lowest BCUT2D eigenvalue weighted by molar-refractivity contribution is 0.412. The standard InChI is InChI=1S/C9H11N5O/c1-10-8-5-11-6-9(13-8)12-4-7-2-3-15-14-7/h2-3,5-6H,4H2,1H3,(H2,10,12,13). The van der Waals surface area contributed by atoms with Gasteiger partial charge in [-0.05, 0) is 0 Å². The van der Waals surface area contributed by atoms with Crippen molar-refractivity contribution in [3.63, 3.8) is 0 Å². The first-order valence-electron chi connectivity index (χ1n) is 4.51. The largest absolute Gasteiger partial charge is 0.372 e. The number of nitrogens with one attached hydrogen (secondary N) is 2. The number of aromatic nitrogens is 3. The van der Waals surface area contributed by atoms with Crippen molar-refractivity contribution < 1.29 is 4.52 Å². The van der Waals surface area contributed by atoms with E-state index in [0.29, 0.717) is 12.4 Å². The van der Waals surface area contributed by atoms with Crippen molar-refractivity contribution in [3.05, 3.63) is 30.4 Å². The maximum absolute atomic E-state index is 4.71. The number of hydrogen-bond donors (Lipinski definition) is 2. The van der Waals surface area contributed by atoms with Crippen LogP contribution < -0.4 is 10.6 Å². The van der Waals surface area contributed by atoms with E-state index in [1.807, 2.05) is 0 Å². The topological polar surface area (TPSA) is 75.9 Å². The molecule has 0 aliphatic carbocycles. The van der Waals surface area contributed by atoms with Gasteiger partial charge >= 0.3 is 0 Å². The molecule has 15 heavy (non-hydrogen) atoms. The lowest BCUT2D eigenvalue weighted by Crippen LogP contribution is -2.03. The van der Waals surface area contributed by atoms with E-state index in [1.165, 1.54) is 6.26 Å². The van der Waals surface area contributed by atoms with Gasteiger partial charge in [-0.15, -0.1) is 0 Å². The van der Waals surface area contributed by atoms with Gasteiger partial charge in [0.15, 0.2) is 0 Å². The molecule has 0 aliphatic rings. The summed E-state index contributed by atoms with van der Waals surface area (Å²) >= 11 is 0. The lowest BCUT2D eigenvalue weighted by Gasteiger charge is -2.04. The summed E-state index contributed by atoms with van der Waals surface area (Å²) in [6.45, 7) is 0.568. The zero-order valence-corrected chi connectivity index (χ0v) is 8.27. The van der Waals surface area contributed by atoms with Crippen LogP contribution in [0.15, 0.2) is 29.2 Å². The summed E-state index contributed by atoms with van der Waals surface area (Å²) in [5, 5.41) is 9.77. The molecule has 0 fully saturated rings. The molecule has 0 saturated heterocycles. The number of rotatable bonds is 4. The normalized spacial score (nSPS) is 9.93. The molecule has 2 heterocycles. The van der Waals surface area contributed by atoms with Crippen LogP contribution in [-0.4, -0.2) is 22.2 Å². The Kier molecular flexibility index (Phi) is 2.77. The van der Waals surface area contributed by atoms with Gasteiger partial charge in [0, 0.05) is 13.1 Å². The molecule has 0 aliphatic heterocycles. The molecule has 0 unspecified atom stereocenters. The lowest BCUT2D eigenvalue weighted by atomic mass is 10.4. The van der Waals surface area contributed by atoms with Crippen molar-refractivity contribution in [2.24, 2.45) is 0 Å². The molecule has 78 valence electrons. The van der Waals surface area contributed by atoms with Gasteiger partial charge in [-0.2, -0.15) is 0 Å². The van der Waals surface area contributed by atoms with Crippen LogP contribution in [0.4, 0.5) is 11.6 Å². The average molecular weight is 205 g/mol. The van der Waals surface area contributed by atoms with Gasteiger partial charge in [-0.25, -0.2) is 4.98 Å². The third-order valence-electron chi connectivity index (χ3n) is 1.83. The van der Waals surface area contributed by atoms with Crippen LogP contribution in [0, 0.1) is 0 Å². The Bertz CT molecular complexity index is 414. The van der Waals surface area contributed by atoms with Crippen LogP contribution in [-0.2, 0) is 6.54 Å². The van der Waals surface area contributed by atoms with Crippen LogP contribution in [0.2, 0.25) is 0 Å². The molecule has 0 spiro atoms. The smallest absolute Gasteiger partial charge is 0.147 e. The monoisotopic (exact) mass is 205 g/mol. The number of anilines is 2. The predicted octanol–water partition coefficient (Wildman–Crippen LogP) is 1.12. The van der Waals surface area contributed by atoms with Crippen molar-refractivity contribution in [3.8, 4) is 0 Å². The van der Waals surface area contributed by atoms with Crippen molar-refractivity contribution in [2.75, 3.05) is 17.7 Å². The van der Waals surface area contributed by atoms with Gasteiger partial charge in [0.1, 0.15) is 23.6 Å². The molecule has 0 amide bonds. The van der Waals surface area contributed by atoms with Gasteiger partial charge in [-0.3, -0.25) is 4.98 Å². The molecule has 6 nitrogen and oxygen atoms in total. The highest BCUT2D eigenvalue weighted by atomic mass is 16.5. The Balaban J connectivity index is 1.98.